The molecule has 0 aliphatic heterocycles. The van der Waals surface area contributed by atoms with Crippen LogP contribution in [0.25, 0.3) is 11.3 Å². The summed E-state index contributed by atoms with van der Waals surface area (Å²) >= 11 is 0. The summed E-state index contributed by atoms with van der Waals surface area (Å²) in [5, 5.41) is 11.9. The SMILES string of the molecule is C/C=C(\C=C(/C/C=C(\C=C(/N)c1cccnc1)NC)OCCCC#N)c1cccc(F)c1. The molecular formula is C26H29FN4O. The Morgan fingerprint density at radius 2 is 2.06 bits per heavy atom. The fourth-order valence-corrected chi connectivity index (χ4v) is 2.92. The van der Waals surface area contributed by atoms with E-state index in [2.05, 4.69) is 16.4 Å². The van der Waals surface area contributed by atoms with Gasteiger partial charge in [0.2, 0.25) is 0 Å². The molecule has 0 amide bonds. The molecular weight excluding hydrogens is 403 g/mol. The maximum atomic E-state index is 13.7. The van der Waals surface area contributed by atoms with E-state index in [1.807, 2.05) is 56.5 Å². The molecule has 0 atom stereocenters. The van der Waals surface area contributed by atoms with E-state index in [-0.39, 0.29) is 5.82 Å². The maximum Gasteiger partial charge on any atom is 0.123 e. The third kappa shape index (κ3) is 8.11. The standard InChI is InChI=1S/C26H29FN4O/c1-3-20(21-8-6-10-23(27)16-21)17-25(32-15-5-4-13-28)12-11-24(30-2)18-26(29)22-9-7-14-31-19-22/h3,6-11,14,16-19,30H,4-5,12,15,29H2,1-2H3/b20-3+,24-11+,25-17+,26-18-. The van der Waals surface area contributed by atoms with Crippen molar-refractivity contribution in [3.8, 4) is 6.07 Å². The molecule has 32 heavy (non-hydrogen) atoms. The molecule has 0 saturated heterocycles. The molecule has 1 aromatic heterocycles. The summed E-state index contributed by atoms with van der Waals surface area (Å²) in [5.74, 6) is 0.418. The molecule has 2 aromatic rings. The van der Waals surface area contributed by atoms with Gasteiger partial charge in [-0.2, -0.15) is 5.26 Å². The number of rotatable bonds is 11. The zero-order chi connectivity index (χ0) is 23.2. The fraction of sp³-hybridized carbons (Fsp3) is 0.231. The minimum atomic E-state index is -0.292. The lowest BCUT2D eigenvalue weighted by atomic mass is 10.0. The Hall–Kier alpha value is -3.85. The van der Waals surface area contributed by atoms with Gasteiger partial charge in [0.25, 0.3) is 0 Å². The number of nitrogens with one attached hydrogen (secondary N) is 1. The van der Waals surface area contributed by atoms with Crippen molar-refractivity contribution in [1.82, 2.24) is 10.3 Å². The van der Waals surface area contributed by atoms with Crippen LogP contribution in [0.15, 0.2) is 84.6 Å². The highest BCUT2D eigenvalue weighted by Crippen LogP contribution is 2.21. The van der Waals surface area contributed by atoms with Crippen molar-refractivity contribution in [2.75, 3.05) is 13.7 Å². The van der Waals surface area contributed by atoms with Crippen LogP contribution in [0.1, 0.15) is 37.3 Å². The van der Waals surface area contributed by atoms with E-state index in [9.17, 15) is 4.39 Å². The van der Waals surface area contributed by atoms with E-state index in [0.717, 1.165) is 22.4 Å². The first kappa shape index (κ1) is 24.4. The summed E-state index contributed by atoms with van der Waals surface area (Å²) in [6, 6.07) is 12.3. The van der Waals surface area contributed by atoms with Gasteiger partial charge in [-0.15, -0.1) is 0 Å². The van der Waals surface area contributed by atoms with Gasteiger partial charge in [0.15, 0.2) is 0 Å². The van der Waals surface area contributed by atoms with E-state index in [4.69, 9.17) is 15.7 Å². The molecule has 0 bridgehead atoms. The molecule has 1 aromatic carbocycles. The van der Waals surface area contributed by atoms with E-state index >= 15 is 0 Å². The number of unbranched alkanes of at least 4 members (excludes halogenated alkanes) is 1. The second kappa shape index (κ2) is 13.5. The Morgan fingerprint density at radius 3 is 2.72 bits per heavy atom. The van der Waals surface area contributed by atoms with Crippen LogP contribution in [0.5, 0.6) is 0 Å². The molecule has 0 aliphatic rings. The molecule has 6 heteroatoms. The van der Waals surface area contributed by atoms with Gasteiger partial charge in [0.1, 0.15) is 11.6 Å². The van der Waals surface area contributed by atoms with Gasteiger partial charge in [-0.3, -0.25) is 4.98 Å². The molecule has 0 fully saturated rings. The Balaban J connectivity index is 2.26. The highest BCUT2D eigenvalue weighted by atomic mass is 19.1. The van der Waals surface area contributed by atoms with Crippen LogP contribution in [0.2, 0.25) is 0 Å². The summed E-state index contributed by atoms with van der Waals surface area (Å²) in [6.45, 7) is 2.33. The normalized spacial score (nSPS) is 12.9. The predicted molar refractivity (Wildman–Crippen MR) is 127 cm³/mol. The first-order valence-electron chi connectivity index (χ1n) is 10.5. The van der Waals surface area contributed by atoms with Crippen LogP contribution >= 0.6 is 0 Å². The Kier molecular flexibility index (Phi) is 10.3. The molecule has 0 unspecified atom stereocenters. The third-order valence-corrected chi connectivity index (χ3v) is 4.62. The quantitative estimate of drug-likeness (QED) is 0.285. The van der Waals surface area contributed by atoms with Gasteiger partial charge in [0, 0.05) is 49.2 Å². The van der Waals surface area contributed by atoms with Gasteiger partial charge in [-0.05, 0) is 60.9 Å². The molecule has 3 N–H and O–H groups in total. The largest absolute Gasteiger partial charge is 0.498 e. The number of allylic oxidation sites excluding steroid dienone is 5. The summed E-state index contributed by atoms with van der Waals surface area (Å²) < 4.78 is 19.7. The average Bonchev–Trinajstić information content (AvgIpc) is 2.82. The summed E-state index contributed by atoms with van der Waals surface area (Å²) in [4.78, 5) is 4.09. The number of pyridine rings is 1. The number of likely N-dealkylation sites (N-methyl/N-ethyl adjacent to an activating group) is 1. The van der Waals surface area contributed by atoms with Crippen LogP contribution in [-0.2, 0) is 4.74 Å². The van der Waals surface area contributed by atoms with Crippen LogP contribution in [0, 0.1) is 17.1 Å². The number of halogens is 1. The number of nitriles is 1. The van der Waals surface area contributed by atoms with E-state index in [0.29, 0.717) is 37.3 Å². The zero-order valence-electron chi connectivity index (χ0n) is 18.5. The lowest BCUT2D eigenvalue weighted by Gasteiger charge is -2.12. The van der Waals surface area contributed by atoms with Gasteiger partial charge in [0.05, 0.1) is 12.7 Å². The second-order valence-corrected chi connectivity index (χ2v) is 6.93. The molecule has 2 rings (SSSR count). The van der Waals surface area contributed by atoms with Gasteiger partial charge < -0.3 is 15.8 Å². The van der Waals surface area contributed by atoms with E-state index in [1.54, 1.807) is 18.5 Å². The van der Waals surface area contributed by atoms with Crippen LogP contribution in [0.3, 0.4) is 0 Å². The predicted octanol–water partition coefficient (Wildman–Crippen LogP) is 5.32. The summed E-state index contributed by atoms with van der Waals surface area (Å²) in [5.41, 5.74) is 10.1. The van der Waals surface area contributed by atoms with Crippen molar-refractivity contribution in [2.24, 2.45) is 5.73 Å². The van der Waals surface area contributed by atoms with Crippen molar-refractivity contribution in [3.05, 3.63) is 101 Å². The summed E-state index contributed by atoms with van der Waals surface area (Å²) in [6.07, 6.45) is 12.6. The van der Waals surface area contributed by atoms with Crippen LogP contribution < -0.4 is 11.1 Å². The Morgan fingerprint density at radius 1 is 1.25 bits per heavy atom. The van der Waals surface area contributed by atoms with Crippen molar-refractivity contribution in [2.45, 2.75) is 26.2 Å². The van der Waals surface area contributed by atoms with Crippen molar-refractivity contribution in [3.63, 3.8) is 0 Å². The first-order valence-corrected chi connectivity index (χ1v) is 10.5. The minimum absolute atomic E-state index is 0.292. The van der Waals surface area contributed by atoms with E-state index < -0.39 is 0 Å². The third-order valence-electron chi connectivity index (χ3n) is 4.62. The fourth-order valence-electron chi connectivity index (χ4n) is 2.92. The smallest absolute Gasteiger partial charge is 0.123 e. The number of ether oxygens (including phenoxy) is 1. The van der Waals surface area contributed by atoms with E-state index in [1.165, 1.54) is 12.1 Å². The number of hydrogen-bond donors (Lipinski definition) is 2. The Bertz CT molecular complexity index is 1030. The molecule has 1 heterocycles. The maximum absolute atomic E-state index is 13.7. The summed E-state index contributed by atoms with van der Waals surface area (Å²) in [7, 11) is 1.82. The highest BCUT2D eigenvalue weighted by Gasteiger charge is 2.05. The highest BCUT2D eigenvalue weighted by molar-refractivity contribution is 5.74. The van der Waals surface area contributed by atoms with Gasteiger partial charge in [-0.25, -0.2) is 4.39 Å². The van der Waals surface area contributed by atoms with Crippen molar-refractivity contribution >= 4 is 11.3 Å². The number of hydrogen-bond acceptors (Lipinski definition) is 5. The number of aromatic nitrogens is 1. The van der Waals surface area contributed by atoms with Crippen molar-refractivity contribution in [1.29, 1.82) is 5.26 Å². The lowest BCUT2D eigenvalue weighted by Crippen LogP contribution is -2.07. The van der Waals surface area contributed by atoms with Gasteiger partial charge >= 0.3 is 0 Å². The van der Waals surface area contributed by atoms with Crippen molar-refractivity contribution < 1.29 is 9.13 Å². The number of nitrogens with two attached hydrogens (primary N) is 1. The molecule has 0 radical (unpaired) electrons. The molecule has 5 nitrogen and oxygen atoms in total. The topological polar surface area (TPSA) is 84.0 Å². The number of benzene rings is 1. The molecule has 0 saturated carbocycles. The van der Waals surface area contributed by atoms with Gasteiger partial charge in [-0.1, -0.05) is 24.3 Å². The molecule has 166 valence electrons. The molecule has 0 spiro atoms. The minimum Gasteiger partial charge on any atom is -0.498 e. The van der Waals surface area contributed by atoms with Crippen LogP contribution in [-0.4, -0.2) is 18.6 Å². The zero-order valence-corrected chi connectivity index (χ0v) is 18.5. The second-order valence-electron chi connectivity index (χ2n) is 6.93. The number of nitrogens with zero attached hydrogens (tertiary/aromatic N) is 2. The average molecular weight is 433 g/mol. The van der Waals surface area contributed by atoms with Crippen LogP contribution in [0.4, 0.5) is 4.39 Å². The first-order chi connectivity index (χ1) is 15.6. The monoisotopic (exact) mass is 432 g/mol. The molecule has 0 aliphatic carbocycles. The lowest BCUT2D eigenvalue weighted by molar-refractivity contribution is 0.205. The Labute approximate surface area is 189 Å².